The topological polar surface area (TPSA) is 79.8 Å². The van der Waals surface area contributed by atoms with Gasteiger partial charge in [-0.3, -0.25) is 4.79 Å². The highest BCUT2D eigenvalue weighted by atomic mass is 16.5. The number of amides is 1. The second-order valence-corrected chi connectivity index (χ2v) is 5.92. The molecular weight excluding hydrogens is 334 g/mol. The number of nitrogens with one attached hydrogen (secondary N) is 1. The number of benzene rings is 1. The fraction of sp³-hybridized carbons (Fsp3) is 0.389. The summed E-state index contributed by atoms with van der Waals surface area (Å²) in [6.45, 7) is 4.50. The van der Waals surface area contributed by atoms with E-state index in [1.807, 2.05) is 29.2 Å². The summed E-state index contributed by atoms with van der Waals surface area (Å²) < 4.78 is 10.6. The van der Waals surface area contributed by atoms with Crippen LogP contribution in [0.5, 0.6) is 11.5 Å². The molecule has 1 aliphatic heterocycles. The lowest BCUT2D eigenvalue weighted by Gasteiger charge is -2.34. The zero-order chi connectivity index (χ0) is 18.5. The van der Waals surface area contributed by atoms with Crippen molar-refractivity contribution in [3.8, 4) is 11.5 Å². The van der Waals surface area contributed by atoms with E-state index in [9.17, 15) is 4.79 Å². The van der Waals surface area contributed by atoms with Gasteiger partial charge in [0, 0.05) is 45.4 Å². The summed E-state index contributed by atoms with van der Waals surface area (Å²) in [6, 6.07) is 7.36. The number of rotatable bonds is 5. The standard InChI is InChI=1S/C18H23N5O3/c1-13(24)22-8-10-23(11-9-22)17-6-7-19-18(21-17)20-15-12-14(25-2)4-5-16(15)26-3/h4-7,12H,8-11H2,1-3H3,(H,19,20,21). The second kappa shape index (κ2) is 7.90. The zero-order valence-electron chi connectivity index (χ0n) is 15.2. The van der Waals surface area contributed by atoms with Gasteiger partial charge in [0.1, 0.15) is 17.3 Å². The average Bonchev–Trinajstić information content (AvgIpc) is 2.68. The summed E-state index contributed by atoms with van der Waals surface area (Å²) in [4.78, 5) is 24.3. The van der Waals surface area contributed by atoms with E-state index in [1.54, 1.807) is 27.3 Å². The van der Waals surface area contributed by atoms with Crippen molar-refractivity contribution in [2.75, 3.05) is 50.6 Å². The van der Waals surface area contributed by atoms with Gasteiger partial charge in [-0.05, 0) is 18.2 Å². The van der Waals surface area contributed by atoms with Crippen molar-refractivity contribution in [3.05, 3.63) is 30.5 Å². The molecule has 1 aliphatic rings. The predicted octanol–water partition coefficient (Wildman–Crippen LogP) is 1.91. The molecule has 3 rings (SSSR count). The SMILES string of the molecule is COc1ccc(OC)c(Nc2nccc(N3CCN(C(C)=O)CC3)n2)c1. The summed E-state index contributed by atoms with van der Waals surface area (Å²) in [5, 5.41) is 3.19. The zero-order valence-corrected chi connectivity index (χ0v) is 15.2. The van der Waals surface area contributed by atoms with Crippen LogP contribution in [-0.4, -0.2) is 61.2 Å². The van der Waals surface area contributed by atoms with Crippen LogP contribution in [0.4, 0.5) is 17.5 Å². The number of anilines is 3. The van der Waals surface area contributed by atoms with Crippen LogP contribution in [0.15, 0.2) is 30.5 Å². The predicted molar refractivity (Wildman–Crippen MR) is 99.3 cm³/mol. The minimum Gasteiger partial charge on any atom is -0.497 e. The molecule has 1 fully saturated rings. The Kier molecular flexibility index (Phi) is 5.40. The first-order valence-corrected chi connectivity index (χ1v) is 8.43. The van der Waals surface area contributed by atoms with Crippen LogP contribution in [0, 0.1) is 0 Å². The van der Waals surface area contributed by atoms with Crippen LogP contribution in [-0.2, 0) is 4.79 Å². The van der Waals surface area contributed by atoms with Crippen LogP contribution < -0.4 is 19.7 Å². The van der Waals surface area contributed by atoms with Crippen molar-refractivity contribution >= 4 is 23.4 Å². The number of carbonyl (C=O) groups excluding carboxylic acids is 1. The van der Waals surface area contributed by atoms with E-state index < -0.39 is 0 Å². The molecule has 1 saturated heterocycles. The smallest absolute Gasteiger partial charge is 0.229 e. The Hall–Kier alpha value is -3.03. The number of carbonyl (C=O) groups is 1. The highest BCUT2D eigenvalue weighted by molar-refractivity contribution is 5.73. The van der Waals surface area contributed by atoms with Crippen molar-refractivity contribution in [1.82, 2.24) is 14.9 Å². The van der Waals surface area contributed by atoms with E-state index in [0.29, 0.717) is 30.5 Å². The number of hydrogen-bond acceptors (Lipinski definition) is 7. The van der Waals surface area contributed by atoms with Gasteiger partial charge in [0.25, 0.3) is 0 Å². The third-order valence-corrected chi connectivity index (χ3v) is 4.34. The van der Waals surface area contributed by atoms with Gasteiger partial charge in [-0.2, -0.15) is 4.98 Å². The van der Waals surface area contributed by atoms with Gasteiger partial charge in [-0.1, -0.05) is 0 Å². The second-order valence-electron chi connectivity index (χ2n) is 5.92. The molecule has 0 radical (unpaired) electrons. The maximum Gasteiger partial charge on any atom is 0.229 e. The van der Waals surface area contributed by atoms with Crippen LogP contribution in [0.3, 0.4) is 0 Å². The number of aromatic nitrogens is 2. The average molecular weight is 357 g/mol. The monoisotopic (exact) mass is 357 g/mol. The van der Waals surface area contributed by atoms with Crippen molar-refractivity contribution in [1.29, 1.82) is 0 Å². The van der Waals surface area contributed by atoms with E-state index in [0.717, 1.165) is 24.6 Å². The van der Waals surface area contributed by atoms with Gasteiger partial charge < -0.3 is 24.6 Å². The highest BCUT2D eigenvalue weighted by Gasteiger charge is 2.20. The molecule has 0 unspecified atom stereocenters. The van der Waals surface area contributed by atoms with Crippen molar-refractivity contribution in [2.45, 2.75) is 6.92 Å². The normalized spacial score (nSPS) is 14.1. The van der Waals surface area contributed by atoms with Gasteiger partial charge in [0.05, 0.1) is 19.9 Å². The summed E-state index contributed by atoms with van der Waals surface area (Å²) in [5.41, 5.74) is 0.727. The molecule has 138 valence electrons. The molecule has 0 saturated carbocycles. The van der Waals surface area contributed by atoms with E-state index in [1.165, 1.54) is 0 Å². The van der Waals surface area contributed by atoms with Crippen LogP contribution in [0.2, 0.25) is 0 Å². The Morgan fingerprint density at radius 3 is 2.54 bits per heavy atom. The Balaban J connectivity index is 1.75. The molecule has 0 aliphatic carbocycles. The van der Waals surface area contributed by atoms with Gasteiger partial charge in [-0.25, -0.2) is 4.98 Å². The maximum absolute atomic E-state index is 11.5. The number of piperazine rings is 1. The quantitative estimate of drug-likeness (QED) is 0.875. The Morgan fingerprint density at radius 2 is 1.88 bits per heavy atom. The van der Waals surface area contributed by atoms with Crippen LogP contribution in [0.1, 0.15) is 6.92 Å². The van der Waals surface area contributed by atoms with Gasteiger partial charge in [0.2, 0.25) is 11.9 Å². The fourth-order valence-corrected chi connectivity index (χ4v) is 2.87. The first-order chi connectivity index (χ1) is 12.6. The number of ether oxygens (including phenoxy) is 2. The highest BCUT2D eigenvalue weighted by Crippen LogP contribution is 2.30. The van der Waals surface area contributed by atoms with E-state index >= 15 is 0 Å². The third kappa shape index (κ3) is 3.96. The first-order valence-electron chi connectivity index (χ1n) is 8.43. The molecule has 1 aromatic carbocycles. The Labute approximate surface area is 152 Å². The van der Waals surface area contributed by atoms with Crippen LogP contribution >= 0.6 is 0 Å². The molecule has 1 N–H and O–H groups in total. The largest absolute Gasteiger partial charge is 0.497 e. The number of hydrogen-bond donors (Lipinski definition) is 1. The van der Waals surface area contributed by atoms with Crippen molar-refractivity contribution in [2.24, 2.45) is 0 Å². The molecule has 2 aromatic rings. The lowest BCUT2D eigenvalue weighted by atomic mass is 10.2. The molecule has 1 aromatic heterocycles. The van der Waals surface area contributed by atoms with Gasteiger partial charge in [0.15, 0.2) is 0 Å². The summed E-state index contributed by atoms with van der Waals surface area (Å²) in [5.74, 6) is 2.80. The number of nitrogens with zero attached hydrogens (tertiary/aromatic N) is 4. The molecule has 8 heteroatoms. The molecule has 0 bridgehead atoms. The lowest BCUT2D eigenvalue weighted by Crippen LogP contribution is -2.48. The molecule has 1 amide bonds. The van der Waals surface area contributed by atoms with Gasteiger partial charge >= 0.3 is 0 Å². The Morgan fingerprint density at radius 1 is 1.12 bits per heavy atom. The van der Waals surface area contributed by atoms with E-state index in [2.05, 4.69) is 20.2 Å². The Bertz CT molecular complexity index is 775. The van der Waals surface area contributed by atoms with Crippen LogP contribution in [0.25, 0.3) is 0 Å². The van der Waals surface area contributed by atoms with E-state index in [-0.39, 0.29) is 5.91 Å². The molecule has 26 heavy (non-hydrogen) atoms. The molecule has 0 spiro atoms. The summed E-state index contributed by atoms with van der Waals surface area (Å²) >= 11 is 0. The third-order valence-electron chi connectivity index (χ3n) is 4.34. The minimum absolute atomic E-state index is 0.111. The molecule has 0 atom stereocenters. The fourth-order valence-electron chi connectivity index (χ4n) is 2.87. The summed E-state index contributed by atoms with van der Waals surface area (Å²) in [6.07, 6.45) is 1.72. The minimum atomic E-state index is 0.111. The van der Waals surface area contributed by atoms with Crippen molar-refractivity contribution in [3.63, 3.8) is 0 Å². The lowest BCUT2D eigenvalue weighted by molar-refractivity contribution is -0.129. The first kappa shape index (κ1) is 17.8. The maximum atomic E-state index is 11.5. The molecular formula is C18H23N5O3. The van der Waals surface area contributed by atoms with E-state index in [4.69, 9.17) is 9.47 Å². The molecule has 2 heterocycles. The van der Waals surface area contributed by atoms with Crippen molar-refractivity contribution < 1.29 is 14.3 Å². The van der Waals surface area contributed by atoms with Gasteiger partial charge in [-0.15, -0.1) is 0 Å². The number of methoxy groups -OCH3 is 2. The summed E-state index contributed by atoms with van der Waals surface area (Å²) in [7, 11) is 3.22. The molecule has 8 nitrogen and oxygen atoms in total.